The highest BCUT2D eigenvalue weighted by molar-refractivity contribution is 5.97. The number of benzene rings is 1. The Labute approximate surface area is 170 Å². The fourth-order valence-corrected chi connectivity index (χ4v) is 3.56. The van der Waals surface area contributed by atoms with Crippen LogP contribution in [0.4, 0.5) is 0 Å². The van der Waals surface area contributed by atoms with Crippen molar-refractivity contribution >= 4 is 17.0 Å². The fourth-order valence-electron chi connectivity index (χ4n) is 3.56. The molecule has 29 heavy (non-hydrogen) atoms. The molecule has 6 nitrogen and oxygen atoms in total. The van der Waals surface area contributed by atoms with E-state index in [1.807, 2.05) is 75.7 Å². The smallest absolute Gasteiger partial charge is 0.337 e. The van der Waals surface area contributed by atoms with E-state index in [1.54, 1.807) is 0 Å². The van der Waals surface area contributed by atoms with E-state index in [4.69, 9.17) is 9.72 Å². The lowest BCUT2D eigenvalue weighted by atomic mass is 9.92. The second kappa shape index (κ2) is 7.97. The van der Waals surface area contributed by atoms with Crippen molar-refractivity contribution in [1.29, 1.82) is 0 Å². The summed E-state index contributed by atoms with van der Waals surface area (Å²) in [5.74, 6) is -1.05. The van der Waals surface area contributed by atoms with Gasteiger partial charge in [-0.25, -0.2) is 9.78 Å². The third-order valence-corrected chi connectivity index (χ3v) is 4.78. The Kier molecular flexibility index (Phi) is 5.78. The molecule has 0 aliphatic heterocycles. The van der Waals surface area contributed by atoms with Crippen LogP contribution in [-0.4, -0.2) is 37.9 Å². The number of hydrogen-bond donors (Lipinski definition) is 2. The Hall–Kier alpha value is -2.70. The first-order chi connectivity index (χ1) is 13.6. The molecule has 1 atom stereocenters. The van der Waals surface area contributed by atoms with Gasteiger partial charge < -0.3 is 19.5 Å². The van der Waals surface area contributed by atoms with Gasteiger partial charge in [0.2, 0.25) is 0 Å². The minimum absolute atomic E-state index is 0.00297. The van der Waals surface area contributed by atoms with E-state index in [0.29, 0.717) is 17.8 Å². The van der Waals surface area contributed by atoms with Gasteiger partial charge in [-0.1, -0.05) is 29.8 Å². The summed E-state index contributed by atoms with van der Waals surface area (Å²) in [6.07, 6.45) is 0.722. The van der Waals surface area contributed by atoms with Crippen molar-refractivity contribution in [1.82, 2.24) is 9.55 Å². The first-order valence-corrected chi connectivity index (χ1v) is 9.70. The molecule has 154 valence electrons. The van der Waals surface area contributed by atoms with Gasteiger partial charge in [0, 0.05) is 34.9 Å². The number of carbonyl (C=O) groups is 1. The van der Waals surface area contributed by atoms with Gasteiger partial charge in [0.25, 0.3) is 0 Å². The molecule has 2 N–H and O–H groups in total. The summed E-state index contributed by atoms with van der Waals surface area (Å²) in [4.78, 5) is 16.9. The average Bonchev–Trinajstić information content (AvgIpc) is 3.01. The van der Waals surface area contributed by atoms with Crippen LogP contribution in [0.25, 0.3) is 22.2 Å². The number of hydrogen-bond acceptors (Lipinski definition) is 4. The topological polar surface area (TPSA) is 84.6 Å². The predicted octanol–water partition coefficient (Wildman–Crippen LogP) is 4.25. The summed E-state index contributed by atoms with van der Waals surface area (Å²) < 4.78 is 7.85. The lowest BCUT2D eigenvalue weighted by molar-refractivity contribution is -0.160. The number of aryl methyl sites for hydroxylation is 2. The summed E-state index contributed by atoms with van der Waals surface area (Å²) in [5.41, 5.74) is 4.07. The van der Waals surface area contributed by atoms with Gasteiger partial charge in [-0.2, -0.15) is 0 Å². The Balaban J connectivity index is 2.36. The number of fused-ring (bicyclic) bond motifs is 1. The largest absolute Gasteiger partial charge is 0.479 e. The highest BCUT2D eigenvalue weighted by Gasteiger charge is 2.32. The lowest BCUT2D eigenvalue weighted by Crippen LogP contribution is -2.28. The zero-order valence-corrected chi connectivity index (χ0v) is 17.6. The first-order valence-electron chi connectivity index (χ1n) is 9.70. The zero-order valence-electron chi connectivity index (χ0n) is 17.6. The van der Waals surface area contributed by atoms with Crippen molar-refractivity contribution in [3.63, 3.8) is 0 Å². The van der Waals surface area contributed by atoms with Crippen molar-refractivity contribution in [3.05, 3.63) is 53.3 Å². The van der Waals surface area contributed by atoms with E-state index >= 15 is 0 Å². The van der Waals surface area contributed by atoms with E-state index in [-0.39, 0.29) is 6.61 Å². The number of aliphatic hydroxyl groups excluding tert-OH is 1. The monoisotopic (exact) mass is 396 g/mol. The lowest BCUT2D eigenvalue weighted by Gasteiger charge is -2.28. The molecule has 1 aromatic carbocycles. The third-order valence-electron chi connectivity index (χ3n) is 4.78. The number of aliphatic carboxylic acids is 1. The van der Waals surface area contributed by atoms with Gasteiger partial charge in [0.05, 0.1) is 12.2 Å². The fraction of sp³-hybridized carbons (Fsp3) is 0.391. The summed E-state index contributed by atoms with van der Waals surface area (Å²) in [6, 6.07) is 9.92. The van der Waals surface area contributed by atoms with Crippen LogP contribution in [0, 0.1) is 13.8 Å². The van der Waals surface area contributed by atoms with Crippen molar-refractivity contribution < 1.29 is 19.7 Å². The van der Waals surface area contributed by atoms with E-state index in [0.717, 1.165) is 27.7 Å². The second-order valence-electron chi connectivity index (χ2n) is 8.27. The molecule has 2 aromatic heterocycles. The summed E-state index contributed by atoms with van der Waals surface area (Å²) >= 11 is 0. The molecular weight excluding hydrogens is 368 g/mol. The van der Waals surface area contributed by atoms with E-state index < -0.39 is 17.7 Å². The number of nitrogens with zero attached hydrogens (tertiary/aromatic N) is 2. The highest BCUT2D eigenvalue weighted by Crippen LogP contribution is 2.39. The average molecular weight is 396 g/mol. The van der Waals surface area contributed by atoms with Crippen LogP contribution in [0.1, 0.15) is 43.7 Å². The predicted molar refractivity (Wildman–Crippen MR) is 113 cm³/mol. The molecule has 2 heterocycles. The Morgan fingerprint density at radius 2 is 1.83 bits per heavy atom. The maximum absolute atomic E-state index is 12.2. The van der Waals surface area contributed by atoms with Gasteiger partial charge in [-0.3, -0.25) is 0 Å². The third kappa shape index (κ3) is 4.33. The molecule has 1 unspecified atom stereocenters. The second-order valence-corrected chi connectivity index (χ2v) is 8.27. The van der Waals surface area contributed by atoms with Crippen molar-refractivity contribution in [2.75, 3.05) is 6.61 Å². The van der Waals surface area contributed by atoms with Crippen LogP contribution in [0.2, 0.25) is 0 Å². The molecule has 6 heteroatoms. The SMILES string of the molecule is Cc1ccc(-c2c(C(OC(C)(C)C)C(=O)O)c(C)nc3c2ccn3CCO)cc1. The van der Waals surface area contributed by atoms with E-state index in [2.05, 4.69) is 0 Å². The zero-order chi connectivity index (χ0) is 21.3. The van der Waals surface area contributed by atoms with Crippen LogP contribution >= 0.6 is 0 Å². The minimum atomic E-state index is -1.15. The summed E-state index contributed by atoms with van der Waals surface area (Å²) in [6.45, 7) is 9.76. The Morgan fingerprint density at radius 1 is 1.17 bits per heavy atom. The van der Waals surface area contributed by atoms with Crippen molar-refractivity contribution in [2.24, 2.45) is 0 Å². The van der Waals surface area contributed by atoms with Gasteiger partial charge in [0.1, 0.15) is 5.65 Å². The standard InChI is InChI=1S/C23H28N2O4/c1-14-6-8-16(9-7-14)19-17-10-11-25(12-13-26)21(17)24-15(2)18(19)20(22(27)28)29-23(3,4)5/h6-11,20,26H,12-13H2,1-5H3,(H,27,28). The van der Waals surface area contributed by atoms with Crippen molar-refractivity contribution in [2.45, 2.75) is 52.9 Å². The molecule has 0 spiro atoms. The summed E-state index contributed by atoms with van der Waals surface area (Å²) in [7, 11) is 0. The van der Waals surface area contributed by atoms with Crippen LogP contribution < -0.4 is 0 Å². The molecular formula is C23H28N2O4. The van der Waals surface area contributed by atoms with E-state index in [9.17, 15) is 15.0 Å². The number of carboxylic acid groups (broad SMARTS) is 1. The normalized spacial score (nSPS) is 13.0. The number of aliphatic hydroxyl groups is 1. The molecule has 0 fully saturated rings. The molecule has 0 aliphatic rings. The number of aromatic nitrogens is 2. The maximum Gasteiger partial charge on any atom is 0.337 e. The van der Waals surface area contributed by atoms with Crippen molar-refractivity contribution in [3.8, 4) is 11.1 Å². The Morgan fingerprint density at radius 3 is 2.38 bits per heavy atom. The minimum Gasteiger partial charge on any atom is -0.479 e. The molecule has 0 radical (unpaired) electrons. The Bertz CT molecular complexity index is 1030. The number of pyridine rings is 1. The van der Waals surface area contributed by atoms with Crippen LogP contribution in [-0.2, 0) is 16.1 Å². The van der Waals surface area contributed by atoms with Crippen LogP contribution in [0.15, 0.2) is 36.5 Å². The van der Waals surface area contributed by atoms with Crippen LogP contribution in [0.3, 0.4) is 0 Å². The number of carboxylic acids is 1. The van der Waals surface area contributed by atoms with Crippen LogP contribution in [0.5, 0.6) is 0 Å². The van der Waals surface area contributed by atoms with Gasteiger partial charge in [-0.05, 0) is 46.2 Å². The van der Waals surface area contributed by atoms with Gasteiger partial charge in [0.15, 0.2) is 6.10 Å². The number of ether oxygens (including phenoxy) is 1. The first kappa shape index (κ1) is 21.0. The molecule has 0 saturated carbocycles. The maximum atomic E-state index is 12.2. The molecule has 3 aromatic rings. The highest BCUT2D eigenvalue weighted by atomic mass is 16.5. The number of rotatable bonds is 6. The van der Waals surface area contributed by atoms with E-state index in [1.165, 1.54) is 0 Å². The van der Waals surface area contributed by atoms with Gasteiger partial charge >= 0.3 is 5.97 Å². The quantitative estimate of drug-likeness (QED) is 0.651. The van der Waals surface area contributed by atoms with Gasteiger partial charge in [-0.15, -0.1) is 0 Å². The molecule has 0 bridgehead atoms. The molecule has 0 aliphatic carbocycles. The molecule has 0 amide bonds. The molecule has 0 saturated heterocycles. The molecule has 3 rings (SSSR count). The summed E-state index contributed by atoms with van der Waals surface area (Å²) in [5, 5.41) is 20.2.